The van der Waals surface area contributed by atoms with Gasteiger partial charge < -0.3 is 10.6 Å². The molecular formula is C19H27Cl2IN4O. The summed E-state index contributed by atoms with van der Waals surface area (Å²) in [5.74, 6) is 0.907. The van der Waals surface area contributed by atoms with E-state index in [-0.39, 0.29) is 36.4 Å². The molecule has 2 aliphatic heterocycles. The second-order valence-electron chi connectivity index (χ2n) is 7.32. The van der Waals surface area contributed by atoms with Crippen molar-refractivity contribution in [2.45, 2.75) is 56.5 Å². The molecule has 0 aromatic heterocycles. The molecular weight excluding hydrogens is 498 g/mol. The lowest BCUT2D eigenvalue weighted by molar-refractivity contribution is 0.250. The number of anilines is 1. The van der Waals surface area contributed by atoms with E-state index >= 15 is 0 Å². The maximum absolute atomic E-state index is 12.9. The molecule has 0 unspecified atom stereocenters. The number of nitrogens with one attached hydrogen (secondary N) is 2. The number of aliphatic imine (C=N–C) groups is 1. The minimum atomic E-state index is -0.315. The van der Waals surface area contributed by atoms with Crippen LogP contribution >= 0.6 is 47.4 Å². The van der Waals surface area contributed by atoms with Crippen molar-refractivity contribution in [1.29, 1.82) is 0 Å². The van der Waals surface area contributed by atoms with Gasteiger partial charge in [0.25, 0.3) is 0 Å². The molecule has 8 heteroatoms. The lowest BCUT2D eigenvalue weighted by atomic mass is 9.84. The Kier molecular flexibility index (Phi) is 8.21. The van der Waals surface area contributed by atoms with Crippen LogP contribution in [0.2, 0.25) is 0 Å². The van der Waals surface area contributed by atoms with E-state index in [0.717, 1.165) is 41.0 Å². The zero-order valence-corrected chi connectivity index (χ0v) is 19.0. The minimum absolute atomic E-state index is 0. The molecule has 0 atom stereocenters. The van der Waals surface area contributed by atoms with Gasteiger partial charge in [0, 0.05) is 15.3 Å². The Morgan fingerprint density at radius 3 is 2.52 bits per heavy atom. The summed E-state index contributed by atoms with van der Waals surface area (Å²) < 4.78 is 1.14. The van der Waals surface area contributed by atoms with Crippen molar-refractivity contribution in [2.75, 3.05) is 18.0 Å². The number of nitrogens with zero attached hydrogens (tertiary/aromatic N) is 2. The number of piperidine rings is 1. The summed E-state index contributed by atoms with van der Waals surface area (Å²) in [6, 6.07) is 8.53. The molecule has 0 radical (unpaired) electrons. The van der Waals surface area contributed by atoms with E-state index in [1.54, 1.807) is 0 Å². The Hall–Kier alpha value is -0.570. The second kappa shape index (κ2) is 9.76. The van der Waals surface area contributed by atoms with Crippen molar-refractivity contribution in [1.82, 2.24) is 10.6 Å². The molecule has 1 aliphatic carbocycles. The summed E-state index contributed by atoms with van der Waals surface area (Å²) in [5.41, 5.74) is 0.646. The van der Waals surface area contributed by atoms with Crippen molar-refractivity contribution >= 4 is 65.0 Å². The van der Waals surface area contributed by atoms with Gasteiger partial charge in [0.05, 0.1) is 0 Å². The third kappa shape index (κ3) is 4.54. The van der Waals surface area contributed by atoms with Crippen LogP contribution in [0.1, 0.15) is 44.9 Å². The highest BCUT2D eigenvalue weighted by Gasteiger charge is 2.51. The maximum atomic E-state index is 12.9. The molecule has 1 saturated carbocycles. The number of amides is 2. The summed E-state index contributed by atoms with van der Waals surface area (Å²) in [6.45, 7) is 1.83. The Labute approximate surface area is 187 Å². The zero-order chi connectivity index (χ0) is 17.3. The van der Waals surface area contributed by atoms with Crippen molar-refractivity contribution in [2.24, 2.45) is 4.99 Å². The van der Waals surface area contributed by atoms with Crippen LogP contribution in [0.5, 0.6) is 0 Å². The summed E-state index contributed by atoms with van der Waals surface area (Å²) >= 11 is 2.30. The van der Waals surface area contributed by atoms with E-state index in [1.165, 1.54) is 32.1 Å². The first-order valence-electron chi connectivity index (χ1n) is 9.35. The molecule has 3 aliphatic rings. The lowest BCUT2D eigenvalue weighted by Gasteiger charge is -2.43. The minimum Gasteiger partial charge on any atom is -0.369 e. The molecule has 5 nitrogen and oxygen atoms in total. The number of hydrogen-bond donors (Lipinski definition) is 2. The third-order valence-corrected chi connectivity index (χ3v) is 6.38. The fourth-order valence-electron chi connectivity index (χ4n) is 4.42. The van der Waals surface area contributed by atoms with Gasteiger partial charge in [-0.25, -0.2) is 4.79 Å². The summed E-state index contributed by atoms with van der Waals surface area (Å²) in [4.78, 5) is 19.3. The molecule has 1 saturated heterocycles. The second-order valence-corrected chi connectivity index (χ2v) is 8.56. The largest absolute Gasteiger partial charge is 0.369 e. The Morgan fingerprint density at radius 2 is 1.85 bits per heavy atom. The van der Waals surface area contributed by atoms with E-state index in [9.17, 15) is 4.79 Å². The highest BCUT2D eigenvalue weighted by Crippen LogP contribution is 2.38. The number of halogens is 3. The van der Waals surface area contributed by atoms with Crippen molar-refractivity contribution in [3.05, 3.63) is 27.8 Å². The molecule has 1 aromatic carbocycles. The highest BCUT2D eigenvalue weighted by atomic mass is 127. The molecule has 4 rings (SSSR count). The number of rotatable bonds is 2. The zero-order valence-electron chi connectivity index (χ0n) is 15.2. The first kappa shape index (κ1) is 22.7. The van der Waals surface area contributed by atoms with Gasteiger partial charge in [-0.1, -0.05) is 25.3 Å². The highest BCUT2D eigenvalue weighted by molar-refractivity contribution is 14.1. The van der Waals surface area contributed by atoms with Crippen LogP contribution in [0.3, 0.4) is 0 Å². The fourth-order valence-corrected chi connectivity index (χ4v) is 4.95. The molecule has 2 heterocycles. The predicted molar refractivity (Wildman–Crippen MR) is 124 cm³/mol. The molecule has 27 heavy (non-hydrogen) atoms. The van der Waals surface area contributed by atoms with Gasteiger partial charge in [0.15, 0.2) is 0 Å². The van der Waals surface area contributed by atoms with Gasteiger partial charge in [0.2, 0.25) is 0 Å². The average Bonchev–Trinajstić information content (AvgIpc) is 2.87. The SMILES string of the molecule is Cl.Cl.O=C1N=C(NC2CCCCC2)C2(CCNCC2)N1c1cccc(I)c1. The molecule has 2 fully saturated rings. The van der Waals surface area contributed by atoms with Gasteiger partial charge in [0.1, 0.15) is 11.4 Å². The van der Waals surface area contributed by atoms with Crippen LogP contribution in [-0.4, -0.2) is 36.5 Å². The quantitative estimate of drug-likeness (QED) is 0.559. The predicted octanol–water partition coefficient (Wildman–Crippen LogP) is 4.52. The van der Waals surface area contributed by atoms with Gasteiger partial charge in [-0.3, -0.25) is 4.90 Å². The van der Waals surface area contributed by atoms with E-state index in [0.29, 0.717) is 6.04 Å². The number of benzene rings is 1. The van der Waals surface area contributed by atoms with Crippen LogP contribution in [0.25, 0.3) is 0 Å². The normalized spacial score (nSPS) is 22.0. The standard InChI is InChI=1S/C19H25IN4O.2ClH/c20-14-5-4-8-16(13-14)24-18(25)23-17(19(24)9-11-21-12-10-19)22-15-6-2-1-3-7-15;;/h4-5,8,13,15,21H,1-3,6-7,9-12H2,(H,22,23,25);2*1H. The molecule has 2 N–H and O–H groups in total. The smallest absolute Gasteiger partial charge is 0.350 e. The topological polar surface area (TPSA) is 56.7 Å². The summed E-state index contributed by atoms with van der Waals surface area (Å²) in [7, 11) is 0. The molecule has 2 amide bonds. The van der Waals surface area contributed by atoms with Crippen LogP contribution < -0.4 is 15.5 Å². The van der Waals surface area contributed by atoms with Gasteiger partial charge >= 0.3 is 6.03 Å². The molecule has 1 spiro atoms. The first-order chi connectivity index (χ1) is 12.2. The molecule has 0 bridgehead atoms. The Morgan fingerprint density at radius 1 is 1.15 bits per heavy atom. The van der Waals surface area contributed by atoms with Gasteiger partial charge in [-0.2, -0.15) is 4.99 Å². The average molecular weight is 525 g/mol. The van der Waals surface area contributed by atoms with E-state index in [2.05, 4.69) is 50.3 Å². The van der Waals surface area contributed by atoms with Crippen LogP contribution in [-0.2, 0) is 0 Å². The number of urea groups is 1. The van der Waals surface area contributed by atoms with Crippen molar-refractivity contribution < 1.29 is 4.79 Å². The maximum Gasteiger partial charge on any atom is 0.350 e. The monoisotopic (exact) mass is 524 g/mol. The van der Waals surface area contributed by atoms with Gasteiger partial charge in [-0.15, -0.1) is 24.8 Å². The number of hydrogen-bond acceptors (Lipinski definition) is 3. The van der Waals surface area contributed by atoms with Crippen molar-refractivity contribution in [3.63, 3.8) is 0 Å². The molecule has 150 valence electrons. The Balaban J connectivity index is 0.00000131. The van der Waals surface area contributed by atoms with Crippen LogP contribution in [0, 0.1) is 3.57 Å². The van der Waals surface area contributed by atoms with E-state index < -0.39 is 0 Å². The van der Waals surface area contributed by atoms with E-state index in [4.69, 9.17) is 0 Å². The molecule has 1 aromatic rings. The Bertz CT molecular complexity index is 688. The van der Waals surface area contributed by atoms with Crippen molar-refractivity contribution in [3.8, 4) is 0 Å². The summed E-state index contributed by atoms with van der Waals surface area (Å²) in [6.07, 6.45) is 8.05. The van der Waals surface area contributed by atoms with Crippen LogP contribution in [0.15, 0.2) is 29.3 Å². The number of carbonyl (C=O) groups is 1. The van der Waals surface area contributed by atoms with Crippen LogP contribution in [0.4, 0.5) is 10.5 Å². The lowest BCUT2D eigenvalue weighted by Crippen LogP contribution is -2.61. The fraction of sp³-hybridized carbons (Fsp3) is 0.579. The first-order valence-corrected chi connectivity index (χ1v) is 10.4. The summed E-state index contributed by atoms with van der Waals surface area (Å²) in [5, 5.41) is 7.12. The van der Waals surface area contributed by atoms with E-state index in [1.807, 2.05) is 17.0 Å². The number of amidine groups is 1. The third-order valence-electron chi connectivity index (χ3n) is 5.71. The van der Waals surface area contributed by atoms with Gasteiger partial charge in [-0.05, 0) is 79.6 Å². The number of carbonyl (C=O) groups excluding carboxylic acids is 1.